The second kappa shape index (κ2) is 6.01. The first-order chi connectivity index (χ1) is 4.27. The van der Waals surface area contributed by atoms with E-state index >= 15 is 0 Å². The molecule has 0 amide bonds. The zero-order valence-electron chi connectivity index (χ0n) is 6.18. The third-order valence-corrected chi connectivity index (χ3v) is 0.802. The Morgan fingerprint density at radius 1 is 1.56 bits per heavy atom. The number of rotatable bonds is 5. The molecule has 3 heteroatoms. The largest absolute Gasteiger partial charge is 0.330 e. The molecule has 0 atom stereocenters. The van der Waals surface area contributed by atoms with Gasteiger partial charge in [0.25, 0.3) is 0 Å². The molecule has 0 fully saturated rings. The average Bonchev–Trinajstić information content (AvgIpc) is 1.80. The lowest BCUT2D eigenvalue weighted by atomic mass is 10.4. The molecule has 3 N–H and O–H groups in total. The van der Waals surface area contributed by atoms with Crippen LogP contribution in [-0.4, -0.2) is 19.2 Å². The molecule has 0 saturated carbocycles. The summed E-state index contributed by atoms with van der Waals surface area (Å²) < 4.78 is 0. The van der Waals surface area contributed by atoms with Gasteiger partial charge in [0.05, 0.1) is 6.10 Å². The van der Waals surface area contributed by atoms with Crippen molar-refractivity contribution in [2.24, 2.45) is 5.73 Å². The summed E-state index contributed by atoms with van der Waals surface area (Å²) in [4.78, 5) is 5.04. The van der Waals surface area contributed by atoms with Crippen molar-refractivity contribution in [1.82, 2.24) is 5.48 Å². The molecule has 0 aliphatic carbocycles. The van der Waals surface area contributed by atoms with Crippen molar-refractivity contribution in [3.05, 3.63) is 0 Å². The number of hydroxylamine groups is 1. The van der Waals surface area contributed by atoms with E-state index in [-0.39, 0.29) is 6.10 Å². The van der Waals surface area contributed by atoms with Crippen LogP contribution in [0.2, 0.25) is 0 Å². The Hall–Kier alpha value is -0.120. The second-order valence-electron chi connectivity index (χ2n) is 2.20. The molecule has 0 aliphatic heterocycles. The molecular formula is C6H16N2O. The monoisotopic (exact) mass is 132 g/mol. The highest BCUT2D eigenvalue weighted by Gasteiger charge is 1.89. The van der Waals surface area contributed by atoms with Gasteiger partial charge >= 0.3 is 0 Å². The van der Waals surface area contributed by atoms with Gasteiger partial charge < -0.3 is 5.73 Å². The highest BCUT2D eigenvalue weighted by Crippen LogP contribution is 1.81. The minimum absolute atomic E-state index is 0.253. The van der Waals surface area contributed by atoms with Crippen molar-refractivity contribution < 1.29 is 4.84 Å². The fourth-order valence-electron chi connectivity index (χ4n) is 0.400. The SMILES string of the molecule is CC(C)ONCCCN. The van der Waals surface area contributed by atoms with Crippen molar-refractivity contribution in [3.8, 4) is 0 Å². The lowest BCUT2D eigenvalue weighted by molar-refractivity contribution is -0.00474. The van der Waals surface area contributed by atoms with E-state index < -0.39 is 0 Å². The maximum Gasteiger partial charge on any atom is 0.0734 e. The van der Waals surface area contributed by atoms with Crippen LogP contribution in [0.15, 0.2) is 0 Å². The Balaban J connectivity index is 2.75. The van der Waals surface area contributed by atoms with E-state index in [0.717, 1.165) is 13.0 Å². The minimum atomic E-state index is 0.253. The summed E-state index contributed by atoms with van der Waals surface area (Å²) in [5.74, 6) is 0. The van der Waals surface area contributed by atoms with Crippen molar-refractivity contribution >= 4 is 0 Å². The van der Waals surface area contributed by atoms with E-state index in [9.17, 15) is 0 Å². The zero-order chi connectivity index (χ0) is 7.11. The lowest BCUT2D eigenvalue weighted by Gasteiger charge is -2.06. The molecule has 9 heavy (non-hydrogen) atoms. The molecule has 0 unspecified atom stereocenters. The van der Waals surface area contributed by atoms with Crippen LogP contribution in [0.4, 0.5) is 0 Å². The summed E-state index contributed by atoms with van der Waals surface area (Å²) in [6.45, 7) is 5.52. The molecule has 0 aromatic carbocycles. The van der Waals surface area contributed by atoms with Gasteiger partial charge in [-0.3, -0.25) is 4.84 Å². The van der Waals surface area contributed by atoms with Gasteiger partial charge in [0.1, 0.15) is 0 Å². The van der Waals surface area contributed by atoms with Crippen LogP contribution in [0, 0.1) is 0 Å². The van der Waals surface area contributed by atoms with Crippen molar-refractivity contribution in [2.45, 2.75) is 26.4 Å². The van der Waals surface area contributed by atoms with Crippen molar-refractivity contribution in [2.75, 3.05) is 13.1 Å². The summed E-state index contributed by atoms with van der Waals surface area (Å²) in [5.41, 5.74) is 8.06. The average molecular weight is 132 g/mol. The molecule has 0 aromatic heterocycles. The van der Waals surface area contributed by atoms with Crippen molar-refractivity contribution in [3.63, 3.8) is 0 Å². The van der Waals surface area contributed by atoms with Gasteiger partial charge in [-0.05, 0) is 26.8 Å². The quantitative estimate of drug-likeness (QED) is 0.417. The van der Waals surface area contributed by atoms with Crippen LogP contribution in [0.5, 0.6) is 0 Å². The molecule has 0 aliphatic rings. The molecule has 0 spiro atoms. The molecule has 56 valence electrons. The zero-order valence-corrected chi connectivity index (χ0v) is 6.18. The molecule has 0 bridgehead atoms. The van der Waals surface area contributed by atoms with Gasteiger partial charge in [0.15, 0.2) is 0 Å². The van der Waals surface area contributed by atoms with Gasteiger partial charge in [0.2, 0.25) is 0 Å². The van der Waals surface area contributed by atoms with Crippen LogP contribution in [0.25, 0.3) is 0 Å². The van der Waals surface area contributed by atoms with Gasteiger partial charge in [-0.1, -0.05) is 0 Å². The van der Waals surface area contributed by atoms with E-state index in [1.54, 1.807) is 0 Å². The fraction of sp³-hybridized carbons (Fsp3) is 1.00. The number of hydrogen-bond acceptors (Lipinski definition) is 3. The highest BCUT2D eigenvalue weighted by molar-refractivity contribution is 4.38. The van der Waals surface area contributed by atoms with E-state index in [0.29, 0.717) is 6.54 Å². The summed E-state index contributed by atoms with van der Waals surface area (Å²) in [5, 5.41) is 0. The predicted octanol–water partition coefficient (Wildman–Crippen LogP) is 0.265. The first-order valence-corrected chi connectivity index (χ1v) is 3.36. The summed E-state index contributed by atoms with van der Waals surface area (Å²) in [7, 11) is 0. The Labute approximate surface area is 56.5 Å². The molecule has 0 radical (unpaired) electrons. The first kappa shape index (κ1) is 8.88. The van der Waals surface area contributed by atoms with Crippen LogP contribution in [0.1, 0.15) is 20.3 Å². The molecule has 0 saturated heterocycles. The maximum absolute atomic E-state index is 5.25. The van der Waals surface area contributed by atoms with Gasteiger partial charge in [-0.15, -0.1) is 0 Å². The third kappa shape index (κ3) is 7.88. The van der Waals surface area contributed by atoms with E-state index in [4.69, 9.17) is 10.6 Å². The molecule has 3 nitrogen and oxygen atoms in total. The molecular weight excluding hydrogens is 116 g/mol. The normalized spacial score (nSPS) is 10.7. The predicted molar refractivity (Wildman–Crippen MR) is 37.9 cm³/mol. The lowest BCUT2D eigenvalue weighted by Crippen LogP contribution is -2.22. The van der Waals surface area contributed by atoms with E-state index in [2.05, 4.69) is 5.48 Å². The first-order valence-electron chi connectivity index (χ1n) is 3.36. The Kier molecular flexibility index (Phi) is 5.93. The Morgan fingerprint density at radius 2 is 2.22 bits per heavy atom. The fourth-order valence-corrected chi connectivity index (χ4v) is 0.400. The van der Waals surface area contributed by atoms with Gasteiger partial charge in [0, 0.05) is 6.54 Å². The van der Waals surface area contributed by atoms with Crippen LogP contribution in [-0.2, 0) is 4.84 Å². The summed E-state index contributed by atoms with van der Waals surface area (Å²) in [6, 6.07) is 0. The topological polar surface area (TPSA) is 47.3 Å². The standard InChI is InChI=1S/C6H16N2O/c1-6(2)9-8-5-3-4-7/h6,8H,3-5,7H2,1-2H3. The van der Waals surface area contributed by atoms with E-state index in [1.165, 1.54) is 0 Å². The summed E-state index contributed by atoms with van der Waals surface area (Å²) in [6.07, 6.45) is 1.22. The number of nitrogens with two attached hydrogens (primary N) is 1. The number of nitrogens with one attached hydrogen (secondary N) is 1. The van der Waals surface area contributed by atoms with Gasteiger partial charge in [-0.25, -0.2) is 5.48 Å². The van der Waals surface area contributed by atoms with Crippen LogP contribution in [0.3, 0.4) is 0 Å². The highest BCUT2D eigenvalue weighted by atomic mass is 16.7. The molecule has 0 heterocycles. The maximum atomic E-state index is 5.25. The second-order valence-corrected chi connectivity index (χ2v) is 2.20. The third-order valence-electron chi connectivity index (χ3n) is 0.802. The molecule has 0 rings (SSSR count). The summed E-state index contributed by atoms with van der Waals surface area (Å²) >= 11 is 0. The van der Waals surface area contributed by atoms with Crippen molar-refractivity contribution in [1.29, 1.82) is 0 Å². The van der Waals surface area contributed by atoms with E-state index in [1.807, 2.05) is 13.8 Å². The Bertz CT molecular complexity index is 57.0. The smallest absolute Gasteiger partial charge is 0.0734 e. The molecule has 0 aromatic rings. The Morgan fingerprint density at radius 3 is 2.67 bits per heavy atom. The van der Waals surface area contributed by atoms with Crippen LogP contribution >= 0.6 is 0 Å². The van der Waals surface area contributed by atoms with Crippen LogP contribution < -0.4 is 11.2 Å². The number of hydrogen-bond donors (Lipinski definition) is 2. The minimum Gasteiger partial charge on any atom is -0.330 e. The van der Waals surface area contributed by atoms with Gasteiger partial charge in [-0.2, -0.15) is 0 Å².